The maximum Gasteiger partial charge on any atom is 0.233 e. The van der Waals surface area contributed by atoms with E-state index in [4.69, 9.17) is 0 Å². The molecule has 0 unspecified atom stereocenters. The van der Waals surface area contributed by atoms with Gasteiger partial charge in [0.1, 0.15) is 0 Å². The van der Waals surface area contributed by atoms with Crippen molar-refractivity contribution in [3.63, 3.8) is 0 Å². The van der Waals surface area contributed by atoms with Crippen LogP contribution in [0.5, 0.6) is 0 Å². The van der Waals surface area contributed by atoms with Gasteiger partial charge in [-0.3, -0.25) is 4.68 Å². The molecule has 19 heavy (non-hydrogen) atoms. The molecule has 0 aliphatic carbocycles. The summed E-state index contributed by atoms with van der Waals surface area (Å²) in [6, 6.07) is 0. The second-order valence-electron chi connectivity index (χ2n) is 4.35. The number of hydrogen-bond donors (Lipinski definition) is 2. The van der Waals surface area contributed by atoms with Crippen molar-refractivity contribution in [2.45, 2.75) is 6.92 Å². The molecule has 102 valence electrons. The van der Waals surface area contributed by atoms with E-state index in [-0.39, 0.29) is 0 Å². The first-order valence-corrected chi connectivity index (χ1v) is 5.88. The summed E-state index contributed by atoms with van der Waals surface area (Å²) in [5, 5.41) is 10.3. The van der Waals surface area contributed by atoms with Crippen LogP contribution in [-0.4, -0.2) is 45.9 Å². The van der Waals surface area contributed by atoms with E-state index in [0.29, 0.717) is 17.8 Å². The lowest BCUT2D eigenvalue weighted by Gasteiger charge is -2.12. The number of hydrogen-bond acceptors (Lipinski definition) is 7. The second-order valence-corrected chi connectivity index (χ2v) is 4.35. The molecule has 0 amide bonds. The number of rotatable bonds is 4. The highest BCUT2D eigenvalue weighted by molar-refractivity contribution is 5.57. The Labute approximate surface area is 111 Å². The fraction of sp³-hybridized carbons (Fsp3) is 0.455. The van der Waals surface area contributed by atoms with Crippen LogP contribution in [0, 0.1) is 6.92 Å². The van der Waals surface area contributed by atoms with Crippen LogP contribution < -0.4 is 15.5 Å². The number of aromatic nitrogens is 5. The van der Waals surface area contributed by atoms with Crippen LogP contribution in [0.4, 0.5) is 23.5 Å². The third-order valence-electron chi connectivity index (χ3n) is 2.51. The number of aryl methyl sites for hydroxylation is 2. The zero-order chi connectivity index (χ0) is 14.0. The second kappa shape index (κ2) is 5.09. The summed E-state index contributed by atoms with van der Waals surface area (Å²) in [6.45, 7) is 1.93. The standard InChI is InChI=1S/C11H18N8/c1-7-8(6-19(5)17-7)13-10-14-9(12-2)15-11(16-10)18(3)4/h6H,1-5H3,(H2,12,13,14,15,16). The minimum Gasteiger partial charge on any atom is -0.357 e. The smallest absolute Gasteiger partial charge is 0.233 e. The molecule has 0 aliphatic rings. The highest BCUT2D eigenvalue weighted by atomic mass is 15.3. The van der Waals surface area contributed by atoms with Crippen molar-refractivity contribution in [3.8, 4) is 0 Å². The molecule has 0 spiro atoms. The molecule has 0 fully saturated rings. The predicted octanol–water partition coefficient (Wildman–Crippen LogP) is 0.765. The Hall–Kier alpha value is -2.38. The van der Waals surface area contributed by atoms with Crippen LogP contribution in [0.15, 0.2) is 6.20 Å². The summed E-state index contributed by atoms with van der Waals surface area (Å²) in [5.74, 6) is 1.59. The van der Waals surface area contributed by atoms with Crippen LogP contribution in [0.3, 0.4) is 0 Å². The predicted molar refractivity (Wildman–Crippen MR) is 74.9 cm³/mol. The van der Waals surface area contributed by atoms with E-state index >= 15 is 0 Å². The molecular formula is C11H18N8. The maximum absolute atomic E-state index is 4.34. The summed E-state index contributed by atoms with van der Waals surface area (Å²) in [6.07, 6.45) is 1.88. The van der Waals surface area contributed by atoms with Crippen LogP contribution in [0.1, 0.15) is 5.69 Å². The average Bonchev–Trinajstić information content (AvgIpc) is 2.67. The maximum atomic E-state index is 4.34. The lowest BCUT2D eigenvalue weighted by molar-refractivity contribution is 0.756. The van der Waals surface area contributed by atoms with E-state index in [9.17, 15) is 0 Å². The molecule has 0 aromatic carbocycles. The first kappa shape index (κ1) is 13.1. The third-order valence-corrected chi connectivity index (χ3v) is 2.51. The van der Waals surface area contributed by atoms with Crippen molar-refractivity contribution in [3.05, 3.63) is 11.9 Å². The van der Waals surface area contributed by atoms with E-state index < -0.39 is 0 Å². The molecule has 0 radical (unpaired) electrons. The van der Waals surface area contributed by atoms with Crippen molar-refractivity contribution < 1.29 is 0 Å². The Morgan fingerprint density at radius 2 is 1.84 bits per heavy atom. The van der Waals surface area contributed by atoms with Crippen LogP contribution in [0.25, 0.3) is 0 Å². The molecule has 2 aromatic heterocycles. The highest BCUT2D eigenvalue weighted by Crippen LogP contribution is 2.18. The molecule has 0 saturated carbocycles. The summed E-state index contributed by atoms with van der Waals surface area (Å²) in [5.41, 5.74) is 1.76. The largest absolute Gasteiger partial charge is 0.357 e. The van der Waals surface area contributed by atoms with E-state index in [1.807, 2.05) is 39.2 Å². The van der Waals surface area contributed by atoms with Gasteiger partial charge in [0.15, 0.2) is 0 Å². The summed E-state index contributed by atoms with van der Waals surface area (Å²) >= 11 is 0. The minimum absolute atomic E-state index is 0.485. The fourth-order valence-corrected chi connectivity index (χ4v) is 1.58. The van der Waals surface area contributed by atoms with Gasteiger partial charge in [0.05, 0.1) is 11.4 Å². The molecule has 0 saturated heterocycles. The fourth-order valence-electron chi connectivity index (χ4n) is 1.58. The van der Waals surface area contributed by atoms with E-state index in [2.05, 4.69) is 30.7 Å². The molecule has 8 heteroatoms. The van der Waals surface area contributed by atoms with Crippen LogP contribution in [-0.2, 0) is 7.05 Å². The molecule has 8 nitrogen and oxygen atoms in total. The molecule has 0 bridgehead atoms. The Kier molecular flexibility index (Phi) is 3.50. The van der Waals surface area contributed by atoms with Crippen LogP contribution in [0.2, 0.25) is 0 Å². The number of nitrogens with zero attached hydrogens (tertiary/aromatic N) is 6. The van der Waals surface area contributed by atoms with Gasteiger partial charge in [0.25, 0.3) is 0 Å². The van der Waals surface area contributed by atoms with Gasteiger partial charge in [-0.2, -0.15) is 20.1 Å². The molecule has 2 aromatic rings. The zero-order valence-corrected chi connectivity index (χ0v) is 11.8. The number of anilines is 4. The minimum atomic E-state index is 0.485. The molecule has 0 aliphatic heterocycles. The Morgan fingerprint density at radius 3 is 2.37 bits per heavy atom. The zero-order valence-electron chi connectivity index (χ0n) is 11.8. The quantitative estimate of drug-likeness (QED) is 0.841. The van der Waals surface area contributed by atoms with E-state index in [1.54, 1.807) is 11.7 Å². The Morgan fingerprint density at radius 1 is 1.16 bits per heavy atom. The van der Waals surface area contributed by atoms with Crippen LogP contribution >= 0.6 is 0 Å². The normalized spacial score (nSPS) is 10.4. The van der Waals surface area contributed by atoms with Gasteiger partial charge in [-0.25, -0.2) is 0 Å². The highest BCUT2D eigenvalue weighted by Gasteiger charge is 2.09. The van der Waals surface area contributed by atoms with Gasteiger partial charge < -0.3 is 15.5 Å². The number of nitrogens with one attached hydrogen (secondary N) is 2. The summed E-state index contributed by atoms with van der Waals surface area (Å²) in [4.78, 5) is 14.7. The first-order chi connectivity index (χ1) is 8.99. The topological polar surface area (TPSA) is 83.8 Å². The lowest BCUT2D eigenvalue weighted by Crippen LogP contribution is -2.15. The molecule has 0 atom stereocenters. The van der Waals surface area contributed by atoms with Crippen molar-refractivity contribution in [1.29, 1.82) is 0 Å². The Bertz CT molecular complexity index is 574. The van der Waals surface area contributed by atoms with Gasteiger partial charge in [0, 0.05) is 34.4 Å². The van der Waals surface area contributed by atoms with Crippen molar-refractivity contribution >= 4 is 23.5 Å². The van der Waals surface area contributed by atoms with Gasteiger partial charge in [-0.05, 0) is 6.92 Å². The molecule has 2 rings (SSSR count). The van der Waals surface area contributed by atoms with Crippen molar-refractivity contribution in [2.75, 3.05) is 36.7 Å². The molecule has 2 N–H and O–H groups in total. The molecular weight excluding hydrogens is 244 g/mol. The van der Waals surface area contributed by atoms with Gasteiger partial charge >= 0.3 is 0 Å². The van der Waals surface area contributed by atoms with Gasteiger partial charge in [0.2, 0.25) is 17.8 Å². The third kappa shape index (κ3) is 2.90. The van der Waals surface area contributed by atoms with Gasteiger partial charge in [-0.15, -0.1) is 0 Å². The first-order valence-electron chi connectivity index (χ1n) is 5.88. The molecule has 2 heterocycles. The Balaban J connectivity index is 2.34. The van der Waals surface area contributed by atoms with E-state index in [1.165, 1.54) is 0 Å². The lowest BCUT2D eigenvalue weighted by atomic mass is 10.4. The SMILES string of the molecule is CNc1nc(Nc2cn(C)nc2C)nc(N(C)C)n1. The van der Waals surface area contributed by atoms with Gasteiger partial charge in [-0.1, -0.05) is 0 Å². The van der Waals surface area contributed by atoms with Crippen molar-refractivity contribution in [2.24, 2.45) is 7.05 Å². The summed E-state index contributed by atoms with van der Waals surface area (Å²) < 4.78 is 1.74. The monoisotopic (exact) mass is 262 g/mol. The summed E-state index contributed by atoms with van der Waals surface area (Å²) in [7, 11) is 7.41. The van der Waals surface area contributed by atoms with E-state index in [0.717, 1.165) is 11.4 Å². The van der Waals surface area contributed by atoms with Crippen molar-refractivity contribution in [1.82, 2.24) is 24.7 Å². The average molecular weight is 262 g/mol.